The quantitative estimate of drug-likeness (QED) is 0.586. The molecule has 0 atom stereocenters. The van der Waals surface area contributed by atoms with Crippen LogP contribution in [-0.4, -0.2) is 18.0 Å². The van der Waals surface area contributed by atoms with Crippen molar-refractivity contribution in [3.8, 4) is 0 Å². The highest BCUT2D eigenvalue weighted by atomic mass is 19.3. The highest BCUT2D eigenvalue weighted by Crippen LogP contribution is 2.10. The zero-order valence-electron chi connectivity index (χ0n) is 6.86. The molecular weight excluding hydrogens is 154 g/mol. The Balaban J connectivity index is 3.71. The molecule has 0 saturated heterocycles. The van der Waals surface area contributed by atoms with Crippen molar-refractivity contribution >= 4 is 5.97 Å². The van der Waals surface area contributed by atoms with E-state index in [9.17, 15) is 13.6 Å². The highest BCUT2D eigenvalue weighted by Gasteiger charge is 2.19. The van der Waals surface area contributed by atoms with E-state index < -0.39 is 24.4 Å². The predicted octanol–water partition coefficient (Wildman–Crippen LogP) is 1.98. The first-order chi connectivity index (χ1) is 4.81. The van der Waals surface area contributed by atoms with Crippen molar-refractivity contribution in [3.63, 3.8) is 0 Å². The summed E-state index contributed by atoms with van der Waals surface area (Å²) in [4.78, 5) is 10.6. The molecule has 0 aromatic heterocycles. The fourth-order valence-electron chi connectivity index (χ4n) is 0.509. The summed E-state index contributed by atoms with van der Waals surface area (Å²) < 4.78 is 27.7. The summed E-state index contributed by atoms with van der Waals surface area (Å²) in [6.45, 7) is 4.91. The second-order valence-electron chi connectivity index (χ2n) is 3.18. The van der Waals surface area contributed by atoms with Gasteiger partial charge in [-0.25, -0.2) is 8.78 Å². The first kappa shape index (κ1) is 10.3. The summed E-state index contributed by atoms with van der Waals surface area (Å²) in [5, 5.41) is 0. The van der Waals surface area contributed by atoms with Crippen LogP contribution in [0.25, 0.3) is 0 Å². The summed E-state index contributed by atoms with van der Waals surface area (Å²) in [7, 11) is 0. The van der Waals surface area contributed by atoms with Gasteiger partial charge in [-0.3, -0.25) is 4.79 Å². The molecule has 0 saturated carbocycles. The van der Waals surface area contributed by atoms with Crippen molar-refractivity contribution in [2.75, 3.05) is 0 Å². The molecule has 0 aliphatic carbocycles. The van der Waals surface area contributed by atoms with Crippen LogP contribution < -0.4 is 0 Å². The molecule has 0 radical (unpaired) electrons. The number of carbonyl (C=O) groups is 1. The molecule has 0 aromatic carbocycles. The number of ether oxygens (including phenoxy) is 1. The van der Waals surface area contributed by atoms with Gasteiger partial charge < -0.3 is 4.74 Å². The van der Waals surface area contributed by atoms with Gasteiger partial charge in [0, 0.05) is 0 Å². The van der Waals surface area contributed by atoms with Crippen LogP contribution in [0.4, 0.5) is 8.78 Å². The first-order valence-corrected chi connectivity index (χ1v) is 3.31. The lowest BCUT2D eigenvalue weighted by atomic mass is 10.2. The van der Waals surface area contributed by atoms with Gasteiger partial charge in [0.2, 0.25) is 6.43 Å². The first-order valence-electron chi connectivity index (χ1n) is 3.31. The minimum Gasteiger partial charge on any atom is -0.460 e. The van der Waals surface area contributed by atoms with E-state index in [1.54, 1.807) is 20.8 Å². The molecule has 0 aliphatic rings. The van der Waals surface area contributed by atoms with E-state index in [4.69, 9.17) is 0 Å². The second-order valence-corrected chi connectivity index (χ2v) is 3.18. The van der Waals surface area contributed by atoms with Crippen LogP contribution in [-0.2, 0) is 9.53 Å². The zero-order chi connectivity index (χ0) is 9.07. The topological polar surface area (TPSA) is 26.3 Å². The Morgan fingerprint density at radius 1 is 1.45 bits per heavy atom. The lowest BCUT2D eigenvalue weighted by Gasteiger charge is -2.19. The maximum atomic E-state index is 11.6. The summed E-state index contributed by atoms with van der Waals surface area (Å²) in [6.07, 6.45) is -3.44. The standard InChI is InChI=1S/C7H12F2O2/c1-7(2,3)11-6(10)4-5(8)9/h5H,4H2,1-3H3. The Morgan fingerprint density at radius 2 is 1.91 bits per heavy atom. The van der Waals surface area contributed by atoms with Gasteiger partial charge in [-0.05, 0) is 20.8 Å². The summed E-state index contributed by atoms with van der Waals surface area (Å²) in [5.74, 6) is -0.854. The largest absolute Gasteiger partial charge is 0.460 e. The molecule has 0 fully saturated rings. The van der Waals surface area contributed by atoms with Gasteiger partial charge in [0.05, 0.1) is 0 Å². The lowest BCUT2D eigenvalue weighted by molar-refractivity contribution is -0.157. The van der Waals surface area contributed by atoms with E-state index in [2.05, 4.69) is 4.74 Å². The molecule has 0 bridgehead atoms. The van der Waals surface area contributed by atoms with E-state index in [0.717, 1.165) is 0 Å². The summed E-state index contributed by atoms with van der Waals surface area (Å²) in [6, 6.07) is 0. The number of halogens is 2. The molecule has 2 nitrogen and oxygen atoms in total. The van der Waals surface area contributed by atoms with Gasteiger partial charge in [-0.1, -0.05) is 0 Å². The van der Waals surface area contributed by atoms with E-state index in [1.807, 2.05) is 0 Å². The average Bonchev–Trinajstić information content (AvgIpc) is 1.53. The van der Waals surface area contributed by atoms with Crippen LogP contribution in [0.1, 0.15) is 27.2 Å². The number of alkyl halides is 2. The molecule has 0 spiro atoms. The number of esters is 1. The Morgan fingerprint density at radius 3 is 2.18 bits per heavy atom. The molecule has 0 N–H and O–H groups in total. The van der Waals surface area contributed by atoms with Crippen LogP contribution in [0.2, 0.25) is 0 Å². The smallest absolute Gasteiger partial charge is 0.312 e. The third kappa shape index (κ3) is 7.22. The van der Waals surface area contributed by atoms with Crippen LogP contribution in [0, 0.1) is 0 Å². The molecule has 66 valence electrons. The highest BCUT2D eigenvalue weighted by molar-refractivity contribution is 5.70. The molecule has 4 heteroatoms. The van der Waals surface area contributed by atoms with Gasteiger partial charge in [0.1, 0.15) is 12.0 Å². The normalized spacial score (nSPS) is 11.8. The van der Waals surface area contributed by atoms with Crippen LogP contribution in [0.3, 0.4) is 0 Å². The van der Waals surface area contributed by atoms with Crippen molar-refractivity contribution in [2.24, 2.45) is 0 Å². The van der Waals surface area contributed by atoms with Gasteiger partial charge in [0.25, 0.3) is 0 Å². The Hall–Kier alpha value is -0.670. The number of hydrogen-bond acceptors (Lipinski definition) is 2. The van der Waals surface area contributed by atoms with Crippen molar-refractivity contribution in [2.45, 2.75) is 39.2 Å². The van der Waals surface area contributed by atoms with E-state index in [-0.39, 0.29) is 0 Å². The van der Waals surface area contributed by atoms with Gasteiger partial charge in [0.15, 0.2) is 0 Å². The summed E-state index contributed by atoms with van der Waals surface area (Å²) >= 11 is 0. The molecule has 11 heavy (non-hydrogen) atoms. The van der Waals surface area contributed by atoms with Crippen LogP contribution >= 0.6 is 0 Å². The van der Waals surface area contributed by atoms with Gasteiger partial charge in [-0.2, -0.15) is 0 Å². The third-order valence-electron chi connectivity index (χ3n) is 0.741. The molecule has 0 heterocycles. The van der Waals surface area contributed by atoms with E-state index in [0.29, 0.717) is 0 Å². The van der Waals surface area contributed by atoms with E-state index >= 15 is 0 Å². The molecule has 0 unspecified atom stereocenters. The minimum atomic E-state index is -2.62. The zero-order valence-corrected chi connectivity index (χ0v) is 6.86. The van der Waals surface area contributed by atoms with Crippen molar-refractivity contribution in [3.05, 3.63) is 0 Å². The van der Waals surface area contributed by atoms with Gasteiger partial charge in [-0.15, -0.1) is 0 Å². The monoisotopic (exact) mass is 166 g/mol. The van der Waals surface area contributed by atoms with Crippen molar-refractivity contribution in [1.82, 2.24) is 0 Å². The number of carbonyl (C=O) groups excluding carboxylic acids is 1. The SMILES string of the molecule is CC(C)(C)OC(=O)CC(F)F. The van der Waals surface area contributed by atoms with Crippen LogP contribution in [0.5, 0.6) is 0 Å². The van der Waals surface area contributed by atoms with Crippen LogP contribution in [0.15, 0.2) is 0 Å². The third-order valence-corrected chi connectivity index (χ3v) is 0.741. The van der Waals surface area contributed by atoms with Gasteiger partial charge >= 0.3 is 5.97 Å². The Bertz CT molecular complexity index is 138. The number of hydrogen-bond donors (Lipinski definition) is 0. The predicted molar refractivity (Wildman–Crippen MR) is 36.5 cm³/mol. The second kappa shape index (κ2) is 3.64. The Kier molecular flexibility index (Phi) is 3.42. The van der Waals surface area contributed by atoms with E-state index in [1.165, 1.54) is 0 Å². The lowest BCUT2D eigenvalue weighted by Crippen LogP contribution is -2.24. The Labute approximate surface area is 64.5 Å². The molecule has 0 aliphatic heterocycles. The molecule has 0 rings (SSSR count). The summed E-state index contributed by atoms with van der Waals surface area (Å²) in [5.41, 5.74) is -0.675. The maximum absolute atomic E-state index is 11.6. The molecule has 0 aromatic rings. The number of rotatable bonds is 2. The molecular formula is C7H12F2O2. The van der Waals surface area contributed by atoms with Crippen molar-refractivity contribution < 1.29 is 18.3 Å². The molecule has 0 amide bonds. The maximum Gasteiger partial charge on any atom is 0.312 e. The fourth-order valence-corrected chi connectivity index (χ4v) is 0.509. The fraction of sp³-hybridized carbons (Fsp3) is 0.857. The minimum absolute atomic E-state index is 0.675. The van der Waals surface area contributed by atoms with Crippen molar-refractivity contribution in [1.29, 1.82) is 0 Å². The average molecular weight is 166 g/mol.